The van der Waals surface area contributed by atoms with Gasteiger partial charge in [-0.1, -0.05) is 113 Å². The zero-order chi connectivity index (χ0) is 94.6. The minimum absolute atomic E-state index is 0. The quantitative estimate of drug-likeness (QED) is 0.130. The number of furan rings is 4. The first-order valence-corrected chi connectivity index (χ1v) is 41.9. The van der Waals surface area contributed by atoms with Crippen LogP contribution in [0.1, 0.15) is 47.2 Å². The topological polar surface area (TPSA) is 207 Å². The number of hydrogen-bond donors (Lipinski definition) is 0. The van der Waals surface area contributed by atoms with Crippen molar-refractivity contribution in [1.82, 2.24) is 59.8 Å². The van der Waals surface area contributed by atoms with Gasteiger partial charge in [0.1, 0.15) is 22.3 Å². The van der Waals surface area contributed by atoms with E-state index >= 15 is 0 Å². The predicted molar refractivity (Wildman–Crippen MR) is 522 cm³/mol. The van der Waals surface area contributed by atoms with Crippen LogP contribution in [-0.4, -0.2) is 59.8 Å². The van der Waals surface area contributed by atoms with Crippen LogP contribution < -0.4 is 0 Å². The number of pyridine rings is 12. The molecule has 0 aliphatic heterocycles. The van der Waals surface area contributed by atoms with E-state index in [1.807, 2.05) is 293 Å². The number of para-hydroxylation sites is 1. The molecule has 0 fully saturated rings. The zero-order valence-corrected chi connectivity index (χ0v) is 82.6. The van der Waals surface area contributed by atoms with E-state index in [0.29, 0.717) is 11.3 Å². The van der Waals surface area contributed by atoms with E-state index in [1.165, 1.54) is 33.9 Å². The van der Waals surface area contributed by atoms with Crippen LogP contribution in [0.25, 0.3) is 178 Å². The first-order chi connectivity index (χ1) is 66.7. The molecular weight excluding hydrogens is 2380 g/mol. The summed E-state index contributed by atoms with van der Waals surface area (Å²) in [4.78, 5) is 52.2. The van der Waals surface area contributed by atoms with Crippen molar-refractivity contribution in [2.45, 2.75) is 48.3 Å². The van der Waals surface area contributed by atoms with Crippen LogP contribution in [0.2, 0.25) is 0 Å². The van der Waals surface area contributed by atoms with Crippen LogP contribution in [-0.2, 0) is 80.4 Å². The number of nitrogens with zero attached hydrogens (tertiary/aromatic N) is 12. The van der Waals surface area contributed by atoms with Crippen molar-refractivity contribution in [2.24, 2.45) is 0 Å². The largest absolute Gasteiger partial charge is 0.513 e. The Hall–Kier alpha value is -14.6. The van der Waals surface area contributed by atoms with E-state index in [9.17, 15) is 0 Å². The second kappa shape index (κ2) is 47.6. The molecule has 0 amide bonds. The van der Waals surface area contributed by atoms with Gasteiger partial charge in [-0.25, -0.2) is 0 Å². The fraction of sp³-hybridized carbons (Fsp3) is 0.0609. The molecule has 0 saturated heterocycles. The standard InChI is InChI=1S/2C17H11N2O.2C16H9N2O.2C13H12N.C12H10N.C11H8N.4Ir/c2*1-11-6-8-18-14(9-11)12-4-5-15-13(10-12)17-16(20-15)3-2-7-19-17;1-2-7-14-11(5-1)16-15(19-14)9-8-13(18-16)12-6-3-4-10-17-12;1-2-8-17-13(4-1)11-6-7-14-12(10-11)16-15(19-14)5-3-9-18-16;2*1-10-8-13(14-9-11(10)2)12-6-4-3-5-7-12;1-10-7-8-12(13-9-10)11-5-3-2-4-6-11;1-2-6-10(7-3-1)11-8-4-5-9-12-11;;;;/h2*2-3,5-10H,1H3;1-7,9-10H;1-5,7-10H;2*3-6,8-9H,1-2H3;2-5,7-9H,1H3;1-6,8-9H;;;;/q8*-1;;;;/i;;;;1D3,2D3;;;;;;;. The summed E-state index contributed by atoms with van der Waals surface area (Å²) in [6.07, 6.45) is 19.2. The molecule has 0 aliphatic rings. The third kappa shape index (κ3) is 24.8. The van der Waals surface area contributed by atoms with E-state index in [-0.39, 0.29) is 91.5 Å². The molecular formula is C115H82Ir4N12O4-8. The van der Waals surface area contributed by atoms with Crippen molar-refractivity contribution < 1.29 is 106 Å². The Kier molecular flexibility index (Phi) is 31.6. The summed E-state index contributed by atoms with van der Waals surface area (Å²) in [5.41, 5.74) is 29.7. The molecule has 135 heavy (non-hydrogen) atoms. The molecule has 16 aromatic heterocycles. The molecule has 24 rings (SSSR count). The van der Waals surface area contributed by atoms with Crippen molar-refractivity contribution in [1.29, 1.82) is 0 Å². The number of aryl methyl sites for hydroxylation is 7. The summed E-state index contributed by atoms with van der Waals surface area (Å²) in [6.45, 7) is 5.30. The van der Waals surface area contributed by atoms with Crippen molar-refractivity contribution in [3.05, 3.63) is 459 Å². The molecule has 16 heterocycles. The molecule has 24 aromatic rings. The van der Waals surface area contributed by atoms with Gasteiger partial charge in [0.2, 0.25) is 0 Å². The minimum atomic E-state index is -2.50. The molecule has 4 radical (unpaired) electrons. The van der Waals surface area contributed by atoms with E-state index in [4.69, 9.17) is 25.9 Å². The maximum Gasteiger partial charge on any atom is 0.139 e. The number of hydrogen-bond acceptors (Lipinski definition) is 16. The zero-order valence-electron chi connectivity index (χ0n) is 79.1. The summed E-state index contributed by atoms with van der Waals surface area (Å²) in [5, 5.41) is 4.01. The second-order valence-corrected chi connectivity index (χ2v) is 30.0. The number of aromatic nitrogens is 12. The van der Waals surface area contributed by atoms with Crippen molar-refractivity contribution >= 4 is 88.3 Å². The minimum Gasteiger partial charge on any atom is -0.513 e. The van der Waals surface area contributed by atoms with Gasteiger partial charge in [0.25, 0.3) is 0 Å². The molecule has 0 N–H and O–H groups in total. The first kappa shape index (κ1) is 89.6. The summed E-state index contributed by atoms with van der Waals surface area (Å²) >= 11 is 0. The van der Waals surface area contributed by atoms with Gasteiger partial charge in [-0.3, -0.25) is 19.9 Å². The molecule has 0 spiro atoms. The smallest absolute Gasteiger partial charge is 0.139 e. The van der Waals surface area contributed by atoms with Gasteiger partial charge in [-0.05, 0) is 205 Å². The average Bonchev–Trinajstić information content (AvgIpc) is 1.18. The molecule has 0 atom stereocenters. The Bertz CT molecular complexity index is 7870. The average molecular weight is 2470 g/mol. The van der Waals surface area contributed by atoms with E-state index in [2.05, 4.69) is 148 Å². The van der Waals surface area contributed by atoms with Gasteiger partial charge in [-0.2, -0.15) is 6.07 Å². The Morgan fingerprint density at radius 1 is 0.222 bits per heavy atom. The van der Waals surface area contributed by atoms with Gasteiger partial charge in [-0.15, -0.1) is 221 Å². The van der Waals surface area contributed by atoms with Gasteiger partial charge in [0.15, 0.2) is 0 Å². The molecule has 670 valence electrons. The molecule has 0 unspecified atom stereocenters. The Morgan fingerprint density at radius 3 is 1.01 bits per heavy atom. The Morgan fingerprint density at radius 2 is 0.585 bits per heavy atom. The number of benzene rings is 8. The third-order valence-electron chi connectivity index (χ3n) is 20.7. The van der Waals surface area contributed by atoms with Gasteiger partial charge in [0.05, 0.1) is 44.4 Å². The van der Waals surface area contributed by atoms with Gasteiger partial charge < -0.3 is 57.5 Å². The Balaban J connectivity index is 0.000000136. The van der Waals surface area contributed by atoms with Crippen LogP contribution in [0.5, 0.6) is 0 Å². The van der Waals surface area contributed by atoms with Crippen molar-refractivity contribution in [2.75, 3.05) is 0 Å². The predicted octanol–water partition coefficient (Wildman–Crippen LogP) is 27.7. The van der Waals surface area contributed by atoms with Crippen molar-refractivity contribution in [3.63, 3.8) is 0 Å². The molecule has 0 bridgehead atoms. The summed E-state index contributed by atoms with van der Waals surface area (Å²) < 4.78 is 67.7. The molecule has 8 aromatic carbocycles. The van der Waals surface area contributed by atoms with E-state index < -0.39 is 13.7 Å². The fourth-order valence-corrected chi connectivity index (χ4v) is 13.9. The normalized spacial score (nSPS) is 11.2. The molecule has 16 nitrogen and oxygen atoms in total. The summed E-state index contributed by atoms with van der Waals surface area (Å²) in [5.74, 6) is 0. The van der Waals surface area contributed by atoms with Crippen LogP contribution in [0.4, 0.5) is 0 Å². The summed E-state index contributed by atoms with van der Waals surface area (Å²) in [6, 6.07) is 121. The number of rotatable bonds is 8. The molecule has 0 aliphatic carbocycles. The molecule has 20 heteroatoms. The molecule has 0 saturated carbocycles. The first-order valence-electron chi connectivity index (χ1n) is 44.9. The number of fused-ring (bicyclic) bond motifs is 12. The monoisotopic (exact) mass is 2470 g/mol. The fourth-order valence-electron chi connectivity index (χ4n) is 13.9. The van der Waals surface area contributed by atoms with Crippen LogP contribution in [0, 0.1) is 96.9 Å². The Labute approximate surface area is 844 Å². The third-order valence-corrected chi connectivity index (χ3v) is 20.7. The maximum absolute atomic E-state index is 7.50. The van der Waals surface area contributed by atoms with Crippen LogP contribution in [0.3, 0.4) is 0 Å². The van der Waals surface area contributed by atoms with Crippen LogP contribution in [0.15, 0.2) is 389 Å². The second-order valence-electron chi connectivity index (χ2n) is 30.0. The van der Waals surface area contributed by atoms with Crippen LogP contribution >= 0.6 is 0 Å². The maximum atomic E-state index is 7.50. The van der Waals surface area contributed by atoms with Gasteiger partial charge in [0, 0.05) is 162 Å². The van der Waals surface area contributed by atoms with E-state index in [1.54, 1.807) is 61.4 Å². The van der Waals surface area contributed by atoms with Crippen molar-refractivity contribution in [3.8, 4) is 90.2 Å². The van der Waals surface area contributed by atoms with E-state index in [0.717, 1.165) is 173 Å². The summed E-state index contributed by atoms with van der Waals surface area (Å²) in [7, 11) is 0. The van der Waals surface area contributed by atoms with Gasteiger partial charge >= 0.3 is 0 Å². The SMILES string of the molecule is Cc1ccc(-c2[c-]cccc2)nc1.Cc1ccnc(-c2[c-]cc3oc4cccnc4c3c2)c1.Cc1ccnc(-c2[c-]cc3oc4cccnc4c3c2)c1.Cc1cnc(-c2[c-]cccc2)cc1C.[2H]C([2H])([2H])c1cnc(-c2[c-]cccc2)cc1C([2H])([2H])[2H].[Ir].[Ir].[Ir].[Ir].[c-]1cc2oc3ccccc3c2nc1-c1ccccn1.[c-]1cc2oc3cccnc3c2cc1-c1ccccn1.[c-]1ccccc1-c1ccccn1.